The molecule has 78 valence electrons. The predicted molar refractivity (Wildman–Crippen MR) is 39.9 cm³/mol. The first-order valence-electron chi connectivity index (χ1n) is 3.67. The van der Waals surface area contributed by atoms with Gasteiger partial charge in [-0.05, 0) is 6.92 Å². The second-order valence-corrected chi connectivity index (χ2v) is 2.63. The van der Waals surface area contributed by atoms with Gasteiger partial charge in [0.05, 0.1) is 5.69 Å². The van der Waals surface area contributed by atoms with Crippen molar-refractivity contribution in [3.05, 3.63) is 17.2 Å². The minimum atomic E-state index is -2.77. The molecule has 0 bridgehead atoms. The number of carbonyl (C=O) groups is 1. The molecule has 1 N–H and O–H groups in total. The van der Waals surface area contributed by atoms with Gasteiger partial charge in [-0.2, -0.15) is 5.10 Å². The molecule has 0 aromatic carbocycles. The second-order valence-electron chi connectivity index (χ2n) is 2.63. The van der Waals surface area contributed by atoms with E-state index in [1.807, 2.05) is 0 Å². The highest BCUT2D eigenvalue weighted by molar-refractivity contribution is 5.86. The van der Waals surface area contributed by atoms with E-state index < -0.39 is 30.5 Å². The Labute approximate surface area is 77.0 Å². The van der Waals surface area contributed by atoms with Crippen molar-refractivity contribution in [2.75, 3.05) is 0 Å². The Hall–Kier alpha value is -1.53. The zero-order valence-corrected chi connectivity index (χ0v) is 7.17. The van der Waals surface area contributed by atoms with Crippen LogP contribution in [0.2, 0.25) is 0 Å². The number of carboxylic acid groups (broad SMARTS) is 1. The van der Waals surface area contributed by atoms with Crippen LogP contribution in [0.25, 0.3) is 0 Å². The highest BCUT2D eigenvalue weighted by Gasteiger charge is 2.22. The Kier molecular flexibility index (Phi) is 2.78. The lowest BCUT2D eigenvalue weighted by atomic mass is 10.3. The van der Waals surface area contributed by atoms with Crippen LogP contribution in [-0.2, 0) is 6.54 Å². The van der Waals surface area contributed by atoms with Gasteiger partial charge in [0.1, 0.15) is 6.54 Å². The molecule has 14 heavy (non-hydrogen) atoms. The zero-order chi connectivity index (χ0) is 10.9. The molecule has 4 nitrogen and oxygen atoms in total. The largest absolute Gasteiger partial charge is 0.476 e. The van der Waals surface area contributed by atoms with E-state index in [1.54, 1.807) is 0 Å². The van der Waals surface area contributed by atoms with E-state index in [9.17, 15) is 18.0 Å². The maximum Gasteiger partial charge on any atom is 0.357 e. The van der Waals surface area contributed by atoms with E-state index in [-0.39, 0.29) is 5.69 Å². The van der Waals surface area contributed by atoms with E-state index in [0.29, 0.717) is 4.68 Å². The van der Waals surface area contributed by atoms with Crippen LogP contribution in [0.4, 0.5) is 13.2 Å². The van der Waals surface area contributed by atoms with Crippen molar-refractivity contribution in [2.24, 2.45) is 0 Å². The maximum atomic E-state index is 13.0. The van der Waals surface area contributed by atoms with E-state index in [4.69, 9.17) is 5.11 Å². The van der Waals surface area contributed by atoms with E-state index in [1.165, 1.54) is 6.92 Å². The first-order chi connectivity index (χ1) is 6.43. The van der Waals surface area contributed by atoms with Crippen LogP contribution in [0, 0.1) is 12.7 Å². The summed E-state index contributed by atoms with van der Waals surface area (Å²) in [6, 6.07) is 0. The number of alkyl halides is 2. The van der Waals surface area contributed by atoms with Crippen LogP contribution in [-0.4, -0.2) is 27.3 Å². The molecule has 1 aromatic heterocycles. The molecule has 0 aliphatic heterocycles. The third kappa shape index (κ3) is 1.86. The van der Waals surface area contributed by atoms with Crippen LogP contribution in [0.3, 0.4) is 0 Å². The number of aromatic carboxylic acids is 1. The van der Waals surface area contributed by atoms with Crippen molar-refractivity contribution in [3.63, 3.8) is 0 Å². The summed E-state index contributed by atoms with van der Waals surface area (Å²) in [6.07, 6.45) is -2.77. The number of aryl methyl sites for hydroxylation is 1. The summed E-state index contributed by atoms with van der Waals surface area (Å²) >= 11 is 0. The highest BCUT2D eigenvalue weighted by atomic mass is 19.3. The molecule has 7 heteroatoms. The molecule has 0 radical (unpaired) electrons. The predicted octanol–water partition coefficient (Wildman–Crippen LogP) is 1.29. The minimum Gasteiger partial charge on any atom is -0.476 e. The fourth-order valence-corrected chi connectivity index (χ4v) is 1.03. The summed E-state index contributed by atoms with van der Waals surface area (Å²) in [6.45, 7) is 0.288. The molecule has 0 spiro atoms. The van der Waals surface area contributed by atoms with Crippen LogP contribution in [0.1, 0.15) is 16.2 Å². The third-order valence-corrected chi connectivity index (χ3v) is 1.57. The summed E-state index contributed by atoms with van der Waals surface area (Å²) in [4.78, 5) is 10.5. The molecular weight excluding hydrogens is 201 g/mol. The van der Waals surface area contributed by atoms with E-state index in [0.717, 1.165) is 0 Å². The van der Waals surface area contributed by atoms with Crippen LogP contribution in [0.15, 0.2) is 0 Å². The number of halogens is 3. The molecule has 1 aromatic rings. The molecule has 1 rings (SSSR count). The van der Waals surface area contributed by atoms with Gasteiger partial charge >= 0.3 is 5.97 Å². The lowest BCUT2D eigenvalue weighted by Crippen LogP contribution is -2.15. The molecule has 0 aliphatic rings. The maximum absolute atomic E-state index is 13.0. The summed E-state index contributed by atoms with van der Waals surface area (Å²) in [5.74, 6) is -2.68. The van der Waals surface area contributed by atoms with Crippen molar-refractivity contribution < 1.29 is 23.1 Å². The lowest BCUT2D eigenvalue weighted by Gasteiger charge is -2.01. The van der Waals surface area contributed by atoms with Gasteiger partial charge in [-0.15, -0.1) is 0 Å². The molecule has 0 atom stereocenters. The van der Waals surface area contributed by atoms with Gasteiger partial charge in [-0.1, -0.05) is 0 Å². The van der Waals surface area contributed by atoms with Gasteiger partial charge in [0.2, 0.25) is 0 Å². The summed E-state index contributed by atoms with van der Waals surface area (Å²) in [7, 11) is 0. The molecule has 0 saturated carbocycles. The Morgan fingerprint density at radius 3 is 2.64 bits per heavy atom. The Balaban J connectivity index is 3.15. The molecule has 0 saturated heterocycles. The van der Waals surface area contributed by atoms with Crippen LogP contribution in [0.5, 0.6) is 0 Å². The highest BCUT2D eigenvalue weighted by Crippen LogP contribution is 2.13. The summed E-state index contributed by atoms with van der Waals surface area (Å²) in [5, 5.41) is 11.9. The number of hydrogen-bond acceptors (Lipinski definition) is 2. The quantitative estimate of drug-likeness (QED) is 0.814. The first-order valence-corrected chi connectivity index (χ1v) is 3.67. The van der Waals surface area contributed by atoms with Crippen molar-refractivity contribution in [1.29, 1.82) is 0 Å². The number of nitrogens with zero attached hydrogens (tertiary/aromatic N) is 2. The molecular formula is C7H7F3N2O2. The topological polar surface area (TPSA) is 55.1 Å². The van der Waals surface area contributed by atoms with Crippen LogP contribution >= 0.6 is 0 Å². The Morgan fingerprint density at radius 2 is 2.21 bits per heavy atom. The Morgan fingerprint density at radius 1 is 1.64 bits per heavy atom. The first kappa shape index (κ1) is 10.6. The van der Waals surface area contributed by atoms with Gasteiger partial charge in [0.25, 0.3) is 6.43 Å². The summed E-state index contributed by atoms with van der Waals surface area (Å²) < 4.78 is 37.3. The monoisotopic (exact) mass is 208 g/mol. The average molecular weight is 208 g/mol. The van der Waals surface area contributed by atoms with Gasteiger partial charge in [0.15, 0.2) is 11.5 Å². The minimum absolute atomic E-state index is 0.206. The fourth-order valence-electron chi connectivity index (χ4n) is 1.03. The fraction of sp³-hybridized carbons (Fsp3) is 0.429. The number of aromatic nitrogens is 2. The van der Waals surface area contributed by atoms with Gasteiger partial charge in [-0.3, -0.25) is 0 Å². The molecule has 0 amide bonds. The smallest absolute Gasteiger partial charge is 0.357 e. The van der Waals surface area contributed by atoms with E-state index >= 15 is 0 Å². The van der Waals surface area contributed by atoms with Crippen molar-refractivity contribution >= 4 is 5.97 Å². The van der Waals surface area contributed by atoms with Gasteiger partial charge < -0.3 is 5.11 Å². The SMILES string of the molecule is Cc1nn(CC(F)F)c(C(=O)O)c1F. The normalized spacial score (nSPS) is 10.9. The van der Waals surface area contributed by atoms with Crippen molar-refractivity contribution in [3.8, 4) is 0 Å². The number of rotatable bonds is 3. The number of carboxylic acids is 1. The lowest BCUT2D eigenvalue weighted by molar-refractivity contribution is 0.0665. The molecule has 0 aliphatic carbocycles. The van der Waals surface area contributed by atoms with Crippen molar-refractivity contribution in [2.45, 2.75) is 19.9 Å². The van der Waals surface area contributed by atoms with E-state index in [2.05, 4.69) is 5.10 Å². The molecule has 1 heterocycles. The van der Waals surface area contributed by atoms with Gasteiger partial charge in [-0.25, -0.2) is 22.6 Å². The van der Waals surface area contributed by atoms with Crippen LogP contribution < -0.4 is 0 Å². The average Bonchev–Trinajstić information content (AvgIpc) is 2.26. The van der Waals surface area contributed by atoms with Gasteiger partial charge in [0, 0.05) is 0 Å². The Bertz CT molecular complexity index is 362. The zero-order valence-electron chi connectivity index (χ0n) is 7.17. The van der Waals surface area contributed by atoms with Crippen molar-refractivity contribution in [1.82, 2.24) is 9.78 Å². The second kappa shape index (κ2) is 3.69. The summed E-state index contributed by atoms with van der Waals surface area (Å²) in [5.41, 5.74) is -1.04. The molecule has 0 fully saturated rings. The molecule has 0 unspecified atom stereocenters. The standard InChI is InChI=1S/C7H7F3N2O2/c1-3-5(10)6(7(13)14)12(11-3)2-4(8)9/h4H,2H2,1H3,(H,13,14). The number of hydrogen-bond donors (Lipinski definition) is 1. The third-order valence-electron chi connectivity index (χ3n) is 1.57.